The fourth-order valence-corrected chi connectivity index (χ4v) is 2.67. The average Bonchev–Trinajstić information content (AvgIpc) is 2.34. The first-order valence-corrected chi connectivity index (χ1v) is 7.28. The summed E-state index contributed by atoms with van der Waals surface area (Å²) in [4.78, 5) is 2.58. The van der Waals surface area contributed by atoms with Gasteiger partial charge in [0.25, 0.3) is 0 Å². The monoisotopic (exact) mass is 226 g/mol. The van der Waals surface area contributed by atoms with E-state index in [4.69, 9.17) is 0 Å². The van der Waals surface area contributed by atoms with Crippen LogP contribution in [0, 0.1) is 0 Å². The molecule has 0 aromatic rings. The van der Waals surface area contributed by atoms with Crippen molar-refractivity contribution in [3.63, 3.8) is 0 Å². The van der Waals surface area contributed by atoms with E-state index in [1.165, 1.54) is 58.2 Å². The molecule has 2 unspecified atom stereocenters. The van der Waals surface area contributed by atoms with E-state index in [1.807, 2.05) is 0 Å². The maximum Gasteiger partial charge on any atom is 0.0198 e. The Bertz CT molecular complexity index is 170. The van der Waals surface area contributed by atoms with Crippen LogP contribution in [0.15, 0.2) is 0 Å². The number of hydrogen-bond acceptors (Lipinski definition) is 2. The number of likely N-dealkylation sites (N-methyl/N-ethyl adjacent to an activating group) is 1. The van der Waals surface area contributed by atoms with E-state index in [0.717, 1.165) is 12.1 Å². The van der Waals surface area contributed by atoms with Gasteiger partial charge in [0.05, 0.1) is 0 Å². The van der Waals surface area contributed by atoms with Crippen LogP contribution in [-0.2, 0) is 0 Å². The second-order valence-corrected chi connectivity index (χ2v) is 5.15. The summed E-state index contributed by atoms with van der Waals surface area (Å²) in [5, 5.41) is 3.86. The molecule has 1 aliphatic heterocycles. The quantitative estimate of drug-likeness (QED) is 0.718. The van der Waals surface area contributed by atoms with Crippen LogP contribution in [-0.4, -0.2) is 36.6 Å². The molecule has 0 radical (unpaired) electrons. The van der Waals surface area contributed by atoms with Gasteiger partial charge in [-0.1, -0.05) is 33.6 Å². The van der Waals surface area contributed by atoms with E-state index in [-0.39, 0.29) is 0 Å². The number of likely N-dealkylation sites (tertiary alicyclic amines) is 1. The first-order chi connectivity index (χ1) is 7.80. The largest absolute Gasteiger partial charge is 0.310 e. The van der Waals surface area contributed by atoms with Crippen molar-refractivity contribution in [2.45, 2.75) is 71.4 Å². The lowest BCUT2D eigenvalue weighted by Crippen LogP contribution is -2.48. The molecule has 1 fully saturated rings. The second kappa shape index (κ2) is 8.08. The fraction of sp³-hybridized carbons (Fsp3) is 1.00. The molecule has 96 valence electrons. The predicted molar refractivity (Wildman–Crippen MR) is 71.9 cm³/mol. The third kappa shape index (κ3) is 4.84. The van der Waals surface area contributed by atoms with E-state index in [2.05, 4.69) is 31.0 Å². The highest BCUT2D eigenvalue weighted by atomic mass is 15.2. The SMILES string of the molecule is CCCCC(CC)NC1CCCN(CC)C1. The summed E-state index contributed by atoms with van der Waals surface area (Å²) in [7, 11) is 0. The second-order valence-electron chi connectivity index (χ2n) is 5.15. The van der Waals surface area contributed by atoms with E-state index < -0.39 is 0 Å². The molecule has 1 N–H and O–H groups in total. The highest BCUT2D eigenvalue weighted by Gasteiger charge is 2.20. The summed E-state index contributed by atoms with van der Waals surface area (Å²) in [5.74, 6) is 0. The Morgan fingerprint density at radius 1 is 1.31 bits per heavy atom. The van der Waals surface area contributed by atoms with Gasteiger partial charge in [0, 0.05) is 18.6 Å². The van der Waals surface area contributed by atoms with Crippen LogP contribution in [0.2, 0.25) is 0 Å². The summed E-state index contributed by atoms with van der Waals surface area (Å²) in [5.41, 5.74) is 0. The Morgan fingerprint density at radius 3 is 2.75 bits per heavy atom. The van der Waals surface area contributed by atoms with Crippen molar-refractivity contribution < 1.29 is 0 Å². The first-order valence-electron chi connectivity index (χ1n) is 7.28. The maximum atomic E-state index is 3.86. The van der Waals surface area contributed by atoms with Gasteiger partial charge in [0.1, 0.15) is 0 Å². The fourth-order valence-electron chi connectivity index (χ4n) is 2.67. The van der Waals surface area contributed by atoms with Crippen molar-refractivity contribution in [2.75, 3.05) is 19.6 Å². The Labute approximate surface area is 102 Å². The molecular formula is C14H30N2. The van der Waals surface area contributed by atoms with Crippen LogP contribution >= 0.6 is 0 Å². The molecule has 0 aromatic heterocycles. The van der Waals surface area contributed by atoms with Crippen molar-refractivity contribution >= 4 is 0 Å². The van der Waals surface area contributed by atoms with Crippen LogP contribution < -0.4 is 5.32 Å². The lowest BCUT2D eigenvalue weighted by atomic mass is 10.0. The van der Waals surface area contributed by atoms with Gasteiger partial charge in [-0.05, 0) is 38.8 Å². The zero-order valence-electron chi connectivity index (χ0n) is 11.5. The molecule has 1 heterocycles. The number of rotatable bonds is 7. The molecule has 0 amide bonds. The molecule has 2 atom stereocenters. The summed E-state index contributed by atoms with van der Waals surface area (Å²) in [6.45, 7) is 10.7. The Morgan fingerprint density at radius 2 is 2.12 bits per heavy atom. The van der Waals surface area contributed by atoms with Crippen LogP contribution in [0.1, 0.15) is 59.3 Å². The molecule has 16 heavy (non-hydrogen) atoms. The van der Waals surface area contributed by atoms with Gasteiger partial charge in [-0.25, -0.2) is 0 Å². The smallest absolute Gasteiger partial charge is 0.0198 e. The van der Waals surface area contributed by atoms with E-state index in [1.54, 1.807) is 0 Å². The minimum Gasteiger partial charge on any atom is -0.310 e. The van der Waals surface area contributed by atoms with Crippen LogP contribution in [0.5, 0.6) is 0 Å². The molecule has 1 aliphatic rings. The molecule has 0 aromatic carbocycles. The van der Waals surface area contributed by atoms with Crippen molar-refractivity contribution in [1.29, 1.82) is 0 Å². The third-order valence-electron chi connectivity index (χ3n) is 3.82. The van der Waals surface area contributed by atoms with E-state index in [0.29, 0.717) is 0 Å². The van der Waals surface area contributed by atoms with Gasteiger partial charge in [0.2, 0.25) is 0 Å². The lowest BCUT2D eigenvalue weighted by Gasteiger charge is -2.34. The number of unbranched alkanes of at least 4 members (excludes halogenated alkanes) is 1. The van der Waals surface area contributed by atoms with Crippen molar-refractivity contribution in [3.05, 3.63) is 0 Å². The standard InChI is InChI=1S/C14H30N2/c1-4-7-9-13(5-2)15-14-10-8-11-16(6-3)12-14/h13-15H,4-12H2,1-3H3. The van der Waals surface area contributed by atoms with Gasteiger partial charge < -0.3 is 10.2 Å². The van der Waals surface area contributed by atoms with Gasteiger partial charge >= 0.3 is 0 Å². The number of nitrogens with one attached hydrogen (secondary N) is 1. The normalized spacial score (nSPS) is 24.6. The minimum absolute atomic E-state index is 0.746. The number of piperidine rings is 1. The molecule has 0 bridgehead atoms. The minimum atomic E-state index is 0.746. The summed E-state index contributed by atoms with van der Waals surface area (Å²) < 4.78 is 0. The number of nitrogens with zero attached hydrogens (tertiary/aromatic N) is 1. The van der Waals surface area contributed by atoms with Crippen LogP contribution in [0.3, 0.4) is 0 Å². The Balaban J connectivity index is 2.27. The molecule has 0 spiro atoms. The highest BCUT2D eigenvalue weighted by molar-refractivity contribution is 4.80. The van der Waals surface area contributed by atoms with E-state index >= 15 is 0 Å². The van der Waals surface area contributed by atoms with Crippen LogP contribution in [0.4, 0.5) is 0 Å². The lowest BCUT2D eigenvalue weighted by molar-refractivity contribution is 0.187. The topological polar surface area (TPSA) is 15.3 Å². The predicted octanol–water partition coefficient (Wildman–Crippen LogP) is 3.03. The van der Waals surface area contributed by atoms with Crippen LogP contribution in [0.25, 0.3) is 0 Å². The zero-order valence-corrected chi connectivity index (χ0v) is 11.5. The van der Waals surface area contributed by atoms with E-state index in [9.17, 15) is 0 Å². The summed E-state index contributed by atoms with van der Waals surface area (Å²) in [6, 6.07) is 1.50. The van der Waals surface area contributed by atoms with Gasteiger partial charge in [-0.3, -0.25) is 0 Å². The van der Waals surface area contributed by atoms with Gasteiger partial charge in [0.15, 0.2) is 0 Å². The molecule has 0 saturated carbocycles. The molecule has 2 nitrogen and oxygen atoms in total. The van der Waals surface area contributed by atoms with Gasteiger partial charge in [-0.15, -0.1) is 0 Å². The summed E-state index contributed by atoms with van der Waals surface area (Å²) in [6.07, 6.45) is 8.08. The van der Waals surface area contributed by atoms with Gasteiger partial charge in [-0.2, -0.15) is 0 Å². The van der Waals surface area contributed by atoms with Crippen molar-refractivity contribution in [2.24, 2.45) is 0 Å². The number of hydrogen-bond donors (Lipinski definition) is 1. The highest BCUT2D eigenvalue weighted by Crippen LogP contribution is 2.13. The molecule has 0 aliphatic carbocycles. The summed E-state index contributed by atoms with van der Waals surface area (Å²) >= 11 is 0. The van der Waals surface area contributed by atoms with Crippen molar-refractivity contribution in [3.8, 4) is 0 Å². The van der Waals surface area contributed by atoms with Crippen molar-refractivity contribution in [1.82, 2.24) is 10.2 Å². The molecule has 1 rings (SSSR count). The molecule has 2 heteroatoms. The zero-order chi connectivity index (χ0) is 11.8. The Hall–Kier alpha value is -0.0800. The Kier molecular flexibility index (Phi) is 7.06. The maximum absolute atomic E-state index is 3.86. The average molecular weight is 226 g/mol. The molecular weight excluding hydrogens is 196 g/mol. The third-order valence-corrected chi connectivity index (χ3v) is 3.82. The molecule has 1 saturated heterocycles. The first kappa shape index (κ1) is 14.0.